The topological polar surface area (TPSA) is 252 Å². The minimum atomic E-state index is -1.96. The number of phenols is 2. The van der Waals surface area contributed by atoms with Gasteiger partial charge in [0.25, 0.3) is 11.8 Å². The number of fused-ring (bicyclic) bond motifs is 2. The summed E-state index contributed by atoms with van der Waals surface area (Å²) in [7, 11) is 0. The first kappa shape index (κ1) is 34.5. The molecule has 3 aromatic rings. The lowest BCUT2D eigenvalue weighted by atomic mass is 10.0. The Morgan fingerprint density at radius 2 is 2.02 bits per heavy atom. The lowest BCUT2D eigenvalue weighted by Crippen LogP contribution is -2.71. The smallest absolute Gasteiger partial charge is 0.352 e. The molecule has 3 unspecified atom stereocenters. The molecule has 4 heterocycles. The van der Waals surface area contributed by atoms with Crippen LogP contribution in [0, 0.1) is 11.3 Å². The van der Waals surface area contributed by atoms with Crippen LogP contribution in [0.4, 0.5) is 10.8 Å². The van der Waals surface area contributed by atoms with Gasteiger partial charge in [-0.1, -0.05) is 47.7 Å². The molecule has 1 saturated heterocycles. The monoisotopic (exact) mass is 729 g/mol. The highest BCUT2D eigenvalue weighted by molar-refractivity contribution is 8.00. The second kappa shape index (κ2) is 14.3. The highest BCUT2D eigenvalue weighted by Gasteiger charge is 2.54. The number of aromatic nitrogens is 1. The van der Waals surface area contributed by atoms with Crippen LogP contribution in [-0.4, -0.2) is 90.0 Å². The number of amides is 2. The summed E-state index contributed by atoms with van der Waals surface area (Å²) in [5.74, 6) is -5.95. The molecule has 6 rings (SSSR count). The van der Waals surface area contributed by atoms with Gasteiger partial charge in [0.2, 0.25) is 6.10 Å². The van der Waals surface area contributed by atoms with Crippen LogP contribution in [0.5, 0.6) is 11.5 Å². The van der Waals surface area contributed by atoms with Crippen molar-refractivity contribution in [2.75, 3.05) is 29.5 Å². The van der Waals surface area contributed by atoms with E-state index < -0.39 is 64.0 Å². The molecule has 2 amide bonds. The van der Waals surface area contributed by atoms with E-state index in [2.05, 4.69) is 20.4 Å². The van der Waals surface area contributed by atoms with Gasteiger partial charge in [-0.2, -0.15) is 5.26 Å². The Kier molecular flexibility index (Phi) is 9.66. The average molecular weight is 730 g/mol. The SMILES string of the molecule is N#Cc1cc(C(ON=C(C(=O)NC2C(=O)N3C(C(=O)O)=C(C=CCN4CC=Cc5ccccc54)CSC23)c2csc(N)n2)C(=O)O)cc(O)c1O. The molecule has 51 heavy (non-hydrogen) atoms. The molecular weight excluding hydrogens is 703 g/mol. The molecule has 0 saturated carbocycles. The summed E-state index contributed by atoms with van der Waals surface area (Å²) < 4.78 is 0. The van der Waals surface area contributed by atoms with Crippen molar-refractivity contribution in [3.8, 4) is 17.6 Å². The number of carbonyl (C=O) groups excluding carboxylic acids is 2. The number of rotatable bonds is 11. The number of para-hydroxylation sites is 1. The molecule has 16 nitrogen and oxygen atoms in total. The number of aliphatic carboxylic acids is 2. The lowest BCUT2D eigenvalue weighted by molar-refractivity contribution is -0.151. The largest absolute Gasteiger partial charge is 0.504 e. The normalized spacial score (nSPS) is 18.8. The summed E-state index contributed by atoms with van der Waals surface area (Å²) in [6.45, 7) is 1.18. The van der Waals surface area contributed by atoms with Gasteiger partial charge in [0.15, 0.2) is 22.3 Å². The van der Waals surface area contributed by atoms with E-state index in [0.29, 0.717) is 18.7 Å². The average Bonchev–Trinajstić information content (AvgIpc) is 3.55. The van der Waals surface area contributed by atoms with Crippen molar-refractivity contribution in [1.82, 2.24) is 15.2 Å². The maximum Gasteiger partial charge on any atom is 0.352 e. The van der Waals surface area contributed by atoms with E-state index in [-0.39, 0.29) is 27.8 Å². The number of benzene rings is 2. The predicted octanol–water partition coefficient (Wildman–Crippen LogP) is 2.38. The van der Waals surface area contributed by atoms with Crippen LogP contribution in [0.15, 0.2) is 76.4 Å². The number of thioether (sulfide) groups is 1. The molecule has 0 radical (unpaired) electrons. The van der Waals surface area contributed by atoms with E-state index in [1.54, 1.807) is 12.1 Å². The minimum absolute atomic E-state index is 0.0360. The van der Waals surface area contributed by atoms with Crippen molar-refractivity contribution in [2.45, 2.75) is 17.5 Å². The van der Waals surface area contributed by atoms with Crippen molar-refractivity contribution in [3.05, 3.63) is 93.7 Å². The maximum atomic E-state index is 13.6. The zero-order valence-corrected chi connectivity index (χ0v) is 27.8. The Morgan fingerprint density at radius 1 is 1.24 bits per heavy atom. The van der Waals surface area contributed by atoms with Crippen LogP contribution >= 0.6 is 23.1 Å². The van der Waals surface area contributed by atoms with Crippen LogP contribution in [0.1, 0.15) is 28.5 Å². The number of nitrogen functional groups attached to an aromatic ring is 1. The number of oxime groups is 1. The van der Waals surface area contributed by atoms with Crippen molar-refractivity contribution in [1.29, 1.82) is 5.26 Å². The van der Waals surface area contributed by atoms with E-state index in [1.807, 2.05) is 42.5 Å². The summed E-state index contributed by atoms with van der Waals surface area (Å²) >= 11 is 2.19. The number of nitrogens with one attached hydrogen (secondary N) is 1. The van der Waals surface area contributed by atoms with Crippen LogP contribution in [0.3, 0.4) is 0 Å². The molecule has 0 spiro atoms. The van der Waals surface area contributed by atoms with Crippen molar-refractivity contribution in [3.63, 3.8) is 0 Å². The molecule has 18 heteroatoms. The van der Waals surface area contributed by atoms with Gasteiger partial charge in [0, 0.05) is 35.5 Å². The first-order valence-electron chi connectivity index (χ1n) is 15.0. The van der Waals surface area contributed by atoms with E-state index in [0.717, 1.165) is 39.6 Å². The fraction of sp³-hybridized carbons (Fsp3) is 0.182. The zero-order chi connectivity index (χ0) is 36.4. The third kappa shape index (κ3) is 6.79. The van der Waals surface area contributed by atoms with Crippen molar-refractivity contribution >= 4 is 69.5 Å². The van der Waals surface area contributed by atoms with E-state index in [1.165, 1.54) is 17.1 Å². The van der Waals surface area contributed by atoms with Gasteiger partial charge in [0.05, 0.1) is 5.56 Å². The quantitative estimate of drug-likeness (QED) is 0.0718. The van der Waals surface area contributed by atoms with Gasteiger partial charge in [-0.3, -0.25) is 14.5 Å². The zero-order valence-electron chi connectivity index (χ0n) is 26.2. The van der Waals surface area contributed by atoms with Crippen LogP contribution < -0.4 is 16.0 Å². The predicted molar refractivity (Wildman–Crippen MR) is 186 cm³/mol. The van der Waals surface area contributed by atoms with Gasteiger partial charge in [-0.15, -0.1) is 23.1 Å². The fourth-order valence-electron chi connectivity index (χ4n) is 5.63. The number of β-lactam (4-membered cyclic amide) rings is 1. The van der Waals surface area contributed by atoms with Gasteiger partial charge in [-0.25, -0.2) is 14.6 Å². The number of aromatic hydroxyl groups is 2. The Hall–Kier alpha value is -6.32. The summed E-state index contributed by atoms with van der Waals surface area (Å²) in [4.78, 5) is 63.9. The van der Waals surface area contributed by atoms with Gasteiger partial charge >= 0.3 is 11.9 Å². The number of allylic oxidation sites excluding steroid dienone is 1. The number of carbonyl (C=O) groups is 4. The number of nitrogens with zero attached hydrogens (tertiary/aromatic N) is 5. The molecule has 260 valence electrons. The van der Waals surface area contributed by atoms with E-state index in [4.69, 9.17) is 10.6 Å². The molecule has 3 atom stereocenters. The lowest BCUT2D eigenvalue weighted by Gasteiger charge is -2.49. The first-order chi connectivity index (χ1) is 24.5. The van der Waals surface area contributed by atoms with Gasteiger partial charge in [-0.05, 0) is 29.3 Å². The van der Waals surface area contributed by atoms with Crippen LogP contribution in [-0.2, 0) is 24.0 Å². The summed E-state index contributed by atoms with van der Waals surface area (Å²) in [6, 6.07) is 10.2. The molecule has 3 aliphatic heterocycles. The maximum absolute atomic E-state index is 13.6. The summed E-state index contributed by atoms with van der Waals surface area (Å²) in [5, 5.41) is 55.8. The second-order valence-corrected chi connectivity index (χ2v) is 13.2. The number of carboxylic acids is 2. The van der Waals surface area contributed by atoms with Crippen molar-refractivity contribution in [2.24, 2.45) is 5.16 Å². The Balaban J connectivity index is 1.20. The first-order valence-corrected chi connectivity index (χ1v) is 16.9. The van der Waals surface area contributed by atoms with Crippen molar-refractivity contribution < 1.29 is 44.4 Å². The Labute approximate surface area is 297 Å². The molecule has 7 N–H and O–H groups in total. The van der Waals surface area contributed by atoms with E-state index >= 15 is 0 Å². The molecule has 2 aromatic carbocycles. The third-order valence-electron chi connectivity index (χ3n) is 8.02. The molecule has 1 aromatic heterocycles. The minimum Gasteiger partial charge on any atom is -0.504 e. The number of hydrogen-bond donors (Lipinski definition) is 6. The van der Waals surface area contributed by atoms with E-state index in [9.17, 15) is 44.9 Å². The van der Waals surface area contributed by atoms with Gasteiger partial charge < -0.3 is 41.2 Å². The number of anilines is 2. The molecule has 0 aliphatic carbocycles. The molecule has 0 bridgehead atoms. The summed E-state index contributed by atoms with van der Waals surface area (Å²) in [5.41, 5.74) is 6.70. The Bertz CT molecular complexity index is 2120. The standard InChI is InChI=1S/C33H27N7O9S2/c34-13-19-11-18(12-22(41)26(19)42)27(32(47)48)49-38-23(20-15-51-33(35)36-20)28(43)37-24-29(44)40-25(31(45)46)17(14-50-30(24)40)7-4-10-39-9-3-6-16-5-1-2-8-21(16)39/h1-8,11-12,15,24,27,30,41-42H,9-10,14H2,(H2,35,36)(H,37,43)(H,45,46)(H,47,48). The number of hydrogen-bond acceptors (Lipinski definition) is 14. The number of nitrogens with two attached hydrogens (primary N) is 1. The third-order valence-corrected chi connectivity index (χ3v) is 10.00. The second-order valence-electron chi connectivity index (χ2n) is 11.2. The Morgan fingerprint density at radius 3 is 2.73 bits per heavy atom. The molecule has 1 fully saturated rings. The number of thiazole rings is 1. The molecular formula is C33H27N7O9S2. The van der Waals surface area contributed by atoms with Crippen LogP contribution in [0.25, 0.3) is 6.08 Å². The van der Waals surface area contributed by atoms with Crippen LogP contribution in [0.2, 0.25) is 0 Å². The summed E-state index contributed by atoms with van der Waals surface area (Å²) in [6.07, 6.45) is 5.64. The highest BCUT2D eigenvalue weighted by atomic mass is 32.2. The molecule has 3 aliphatic rings. The highest BCUT2D eigenvalue weighted by Crippen LogP contribution is 2.41. The number of phenolic OH excluding ortho intramolecular Hbond substituents is 2. The fourth-order valence-corrected chi connectivity index (χ4v) is 7.50. The van der Waals surface area contributed by atoms with Gasteiger partial charge in [0.1, 0.15) is 28.9 Å². The number of nitriles is 1. The number of carboxylic acid groups (broad SMARTS) is 2.